The fraction of sp³-hybridized carbons (Fsp3) is 0.600. The van der Waals surface area contributed by atoms with Gasteiger partial charge in [0.2, 0.25) is 0 Å². The number of nitrogens with one attached hydrogen (secondary N) is 1. The van der Waals surface area contributed by atoms with Crippen LogP contribution in [0.5, 0.6) is 0 Å². The average Bonchev–Trinajstić information content (AvgIpc) is 2.94. The zero-order chi connectivity index (χ0) is 11.5. The fourth-order valence-corrected chi connectivity index (χ4v) is 2.92. The van der Waals surface area contributed by atoms with E-state index in [0.717, 1.165) is 13.2 Å². The zero-order valence-electron chi connectivity index (χ0n) is 10.3. The van der Waals surface area contributed by atoms with Crippen LogP contribution in [0, 0.1) is 0 Å². The lowest BCUT2D eigenvalue weighted by Gasteiger charge is -2.24. The van der Waals surface area contributed by atoms with Gasteiger partial charge < -0.3 is 10.1 Å². The van der Waals surface area contributed by atoms with Crippen LogP contribution >= 0.6 is 0 Å². The molecule has 0 amide bonds. The summed E-state index contributed by atoms with van der Waals surface area (Å²) in [6.45, 7) is 2.09. The fourth-order valence-electron chi connectivity index (χ4n) is 2.92. The zero-order valence-corrected chi connectivity index (χ0v) is 10.3. The number of benzene rings is 1. The van der Waals surface area contributed by atoms with Crippen LogP contribution in [0.4, 0.5) is 0 Å². The molecular formula is C15H21NO. The molecule has 2 heteroatoms. The molecular weight excluding hydrogens is 210 g/mol. The van der Waals surface area contributed by atoms with Crippen LogP contribution in [0.3, 0.4) is 0 Å². The third kappa shape index (κ3) is 2.53. The van der Waals surface area contributed by atoms with Gasteiger partial charge in [0.05, 0.1) is 6.10 Å². The third-order valence-corrected chi connectivity index (χ3v) is 3.95. The second-order valence-corrected chi connectivity index (χ2v) is 5.17. The lowest BCUT2D eigenvalue weighted by atomic mass is 9.95. The van der Waals surface area contributed by atoms with Crippen LogP contribution in [0.2, 0.25) is 0 Å². The highest BCUT2D eigenvalue weighted by Crippen LogP contribution is 2.30. The highest BCUT2D eigenvalue weighted by molar-refractivity contribution is 5.27. The van der Waals surface area contributed by atoms with E-state index in [-0.39, 0.29) is 0 Å². The molecule has 0 saturated carbocycles. The minimum absolute atomic E-state index is 0.350. The molecule has 2 atom stereocenters. The van der Waals surface area contributed by atoms with Crippen molar-refractivity contribution in [2.45, 2.75) is 44.2 Å². The summed E-state index contributed by atoms with van der Waals surface area (Å²) in [5.74, 6) is 0. The second kappa shape index (κ2) is 5.19. The summed E-state index contributed by atoms with van der Waals surface area (Å²) in [5.41, 5.74) is 2.79. The minimum Gasteiger partial charge on any atom is -0.374 e. The van der Waals surface area contributed by atoms with Gasteiger partial charge in [-0.2, -0.15) is 0 Å². The summed E-state index contributed by atoms with van der Waals surface area (Å²) in [7, 11) is 0. The molecule has 1 N–H and O–H groups in total. The van der Waals surface area contributed by atoms with E-state index in [1.165, 1.54) is 43.2 Å². The molecule has 17 heavy (non-hydrogen) atoms. The first-order valence-corrected chi connectivity index (χ1v) is 6.88. The molecule has 0 bridgehead atoms. The van der Waals surface area contributed by atoms with E-state index in [9.17, 15) is 0 Å². The van der Waals surface area contributed by atoms with Gasteiger partial charge in [0.15, 0.2) is 0 Å². The quantitative estimate of drug-likeness (QED) is 0.842. The van der Waals surface area contributed by atoms with E-state index >= 15 is 0 Å². The maximum absolute atomic E-state index is 5.71. The van der Waals surface area contributed by atoms with E-state index in [1.54, 1.807) is 0 Å². The Hall–Kier alpha value is -0.860. The molecule has 0 radical (unpaired) electrons. The van der Waals surface area contributed by atoms with E-state index in [1.807, 2.05) is 0 Å². The maximum atomic E-state index is 5.71. The molecule has 0 spiro atoms. The van der Waals surface area contributed by atoms with E-state index in [2.05, 4.69) is 29.6 Å². The Morgan fingerprint density at radius 2 is 1.76 bits per heavy atom. The molecule has 1 aromatic carbocycles. The molecule has 92 valence electrons. The molecule has 1 aromatic rings. The number of ether oxygens (including phenoxy) is 1. The Bertz CT molecular complexity index is 348. The molecule has 2 aliphatic rings. The topological polar surface area (TPSA) is 21.3 Å². The predicted molar refractivity (Wildman–Crippen MR) is 69.0 cm³/mol. The summed E-state index contributed by atoms with van der Waals surface area (Å²) in [5, 5.41) is 3.59. The van der Waals surface area contributed by atoms with E-state index in [0.29, 0.717) is 12.1 Å². The van der Waals surface area contributed by atoms with Crippen LogP contribution in [-0.4, -0.2) is 13.2 Å². The molecule has 2 aliphatic heterocycles. The summed E-state index contributed by atoms with van der Waals surface area (Å²) in [4.78, 5) is 0. The Morgan fingerprint density at radius 3 is 2.41 bits per heavy atom. The van der Waals surface area contributed by atoms with Gasteiger partial charge in [0.1, 0.15) is 0 Å². The average molecular weight is 231 g/mol. The van der Waals surface area contributed by atoms with Crippen LogP contribution in [0.15, 0.2) is 24.3 Å². The van der Waals surface area contributed by atoms with Crippen molar-refractivity contribution in [2.75, 3.05) is 13.2 Å². The van der Waals surface area contributed by atoms with Crippen molar-refractivity contribution in [2.24, 2.45) is 0 Å². The molecule has 3 rings (SSSR count). The van der Waals surface area contributed by atoms with Crippen LogP contribution < -0.4 is 5.32 Å². The van der Waals surface area contributed by atoms with Crippen molar-refractivity contribution in [1.29, 1.82) is 0 Å². The maximum Gasteiger partial charge on any atom is 0.0825 e. The molecule has 2 heterocycles. The summed E-state index contributed by atoms with van der Waals surface area (Å²) in [6.07, 6.45) is 6.69. The van der Waals surface area contributed by atoms with Gasteiger partial charge in [-0.3, -0.25) is 0 Å². The van der Waals surface area contributed by atoms with Crippen LogP contribution in [-0.2, 0) is 4.74 Å². The highest BCUT2D eigenvalue weighted by atomic mass is 16.5. The van der Waals surface area contributed by atoms with Crippen molar-refractivity contribution in [3.63, 3.8) is 0 Å². The van der Waals surface area contributed by atoms with Gasteiger partial charge in [-0.05, 0) is 43.4 Å². The molecule has 2 fully saturated rings. The first-order chi connectivity index (χ1) is 8.43. The molecule has 2 unspecified atom stereocenters. The first kappa shape index (κ1) is 11.2. The monoisotopic (exact) mass is 231 g/mol. The summed E-state index contributed by atoms with van der Waals surface area (Å²) < 4.78 is 5.71. The minimum atomic E-state index is 0.350. The molecule has 0 aromatic heterocycles. The van der Waals surface area contributed by atoms with Gasteiger partial charge in [0.25, 0.3) is 0 Å². The first-order valence-electron chi connectivity index (χ1n) is 6.88. The SMILES string of the molecule is c1cc(C2CCCO2)ccc1C1CCCCN1. The number of hydrogen-bond acceptors (Lipinski definition) is 2. The lowest BCUT2D eigenvalue weighted by Crippen LogP contribution is -2.26. The number of hydrogen-bond donors (Lipinski definition) is 1. The van der Waals surface area contributed by atoms with E-state index < -0.39 is 0 Å². The third-order valence-electron chi connectivity index (χ3n) is 3.95. The van der Waals surface area contributed by atoms with Crippen molar-refractivity contribution in [3.8, 4) is 0 Å². The molecule has 0 aliphatic carbocycles. The standard InChI is InChI=1S/C15H21NO/c1-2-10-16-14(4-1)12-6-8-13(9-7-12)15-5-3-11-17-15/h6-9,14-16H,1-5,10-11H2. The van der Waals surface area contributed by atoms with Crippen LogP contribution in [0.25, 0.3) is 0 Å². The largest absolute Gasteiger partial charge is 0.374 e. The second-order valence-electron chi connectivity index (χ2n) is 5.17. The van der Waals surface area contributed by atoms with Crippen LogP contribution in [0.1, 0.15) is 55.4 Å². The van der Waals surface area contributed by atoms with Gasteiger partial charge in [-0.15, -0.1) is 0 Å². The normalized spacial score (nSPS) is 29.4. The smallest absolute Gasteiger partial charge is 0.0825 e. The number of piperidine rings is 1. The Balaban J connectivity index is 1.70. The highest BCUT2D eigenvalue weighted by Gasteiger charge is 2.19. The van der Waals surface area contributed by atoms with Crippen molar-refractivity contribution < 1.29 is 4.74 Å². The summed E-state index contributed by atoms with van der Waals surface area (Å²) in [6, 6.07) is 9.63. The van der Waals surface area contributed by atoms with Crippen molar-refractivity contribution in [3.05, 3.63) is 35.4 Å². The van der Waals surface area contributed by atoms with Gasteiger partial charge in [0, 0.05) is 12.6 Å². The number of rotatable bonds is 2. The Labute approximate surface area is 103 Å². The van der Waals surface area contributed by atoms with E-state index in [4.69, 9.17) is 4.74 Å². The Morgan fingerprint density at radius 1 is 0.941 bits per heavy atom. The molecule has 2 nitrogen and oxygen atoms in total. The van der Waals surface area contributed by atoms with Gasteiger partial charge in [-0.25, -0.2) is 0 Å². The molecule has 2 saturated heterocycles. The predicted octanol–water partition coefficient (Wildman–Crippen LogP) is 3.35. The van der Waals surface area contributed by atoms with Gasteiger partial charge >= 0.3 is 0 Å². The van der Waals surface area contributed by atoms with Crippen molar-refractivity contribution >= 4 is 0 Å². The van der Waals surface area contributed by atoms with Crippen molar-refractivity contribution in [1.82, 2.24) is 5.32 Å². The summed E-state index contributed by atoms with van der Waals surface area (Å²) >= 11 is 0. The lowest BCUT2D eigenvalue weighted by molar-refractivity contribution is 0.112. The van der Waals surface area contributed by atoms with Gasteiger partial charge in [-0.1, -0.05) is 30.7 Å². The Kier molecular flexibility index (Phi) is 3.44.